The van der Waals surface area contributed by atoms with Crippen LogP contribution in [0.2, 0.25) is 0 Å². The van der Waals surface area contributed by atoms with Crippen molar-refractivity contribution in [3.63, 3.8) is 0 Å². The van der Waals surface area contributed by atoms with Gasteiger partial charge >= 0.3 is 5.97 Å². The van der Waals surface area contributed by atoms with Gasteiger partial charge in [0, 0.05) is 5.56 Å². The molecule has 0 bridgehead atoms. The molecule has 0 amide bonds. The fraction of sp³-hybridized carbons (Fsp3) is 0.333. The second-order valence-electron chi connectivity index (χ2n) is 4.53. The summed E-state index contributed by atoms with van der Waals surface area (Å²) in [6.07, 6.45) is 3.70. The molecule has 7 heteroatoms. The lowest BCUT2D eigenvalue weighted by Crippen LogP contribution is -2.19. The zero-order valence-corrected chi connectivity index (χ0v) is 10.3. The maximum absolute atomic E-state index is 11.9. The van der Waals surface area contributed by atoms with Gasteiger partial charge in [-0.05, 0) is 26.2 Å². The van der Waals surface area contributed by atoms with Crippen LogP contribution in [-0.2, 0) is 12.8 Å². The lowest BCUT2D eigenvalue weighted by molar-refractivity contribution is 0.0696. The van der Waals surface area contributed by atoms with Gasteiger partial charge < -0.3 is 5.11 Å². The molecule has 2 aromatic rings. The van der Waals surface area contributed by atoms with Gasteiger partial charge in [-0.15, -0.1) is 0 Å². The van der Waals surface area contributed by atoms with Crippen molar-refractivity contribution in [2.75, 3.05) is 0 Å². The van der Waals surface area contributed by atoms with Gasteiger partial charge in [-0.3, -0.25) is 9.78 Å². The molecular formula is C12H12N4O3. The number of hydrogen-bond donors (Lipinski definition) is 2. The van der Waals surface area contributed by atoms with E-state index in [1.54, 1.807) is 6.92 Å². The summed E-state index contributed by atoms with van der Waals surface area (Å²) in [7, 11) is 0. The highest BCUT2D eigenvalue weighted by Crippen LogP contribution is 2.17. The SMILES string of the molecule is Cc1c(C(=O)O)cnn1-c1nc2c(c(=O)[nH]1)CCC2. The van der Waals surface area contributed by atoms with E-state index in [0.717, 1.165) is 30.5 Å². The monoisotopic (exact) mass is 260 g/mol. The molecule has 0 saturated heterocycles. The average molecular weight is 260 g/mol. The summed E-state index contributed by atoms with van der Waals surface area (Å²) < 4.78 is 1.35. The summed E-state index contributed by atoms with van der Waals surface area (Å²) in [5.74, 6) is -0.775. The third-order valence-corrected chi connectivity index (χ3v) is 3.37. The lowest BCUT2D eigenvalue weighted by Gasteiger charge is -2.05. The summed E-state index contributed by atoms with van der Waals surface area (Å²) >= 11 is 0. The van der Waals surface area contributed by atoms with E-state index in [1.807, 2.05) is 0 Å². The van der Waals surface area contributed by atoms with Crippen LogP contribution in [0.1, 0.15) is 33.7 Å². The molecule has 0 unspecified atom stereocenters. The Morgan fingerprint density at radius 2 is 2.26 bits per heavy atom. The Hall–Kier alpha value is -2.44. The fourth-order valence-electron chi connectivity index (χ4n) is 2.36. The quantitative estimate of drug-likeness (QED) is 0.816. The van der Waals surface area contributed by atoms with Crippen molar-refractivity contribution < 1.29 is 9.90 Å². The van der Waals surface area contributed by atoms with Crippen molar-refractivity contribution in [1.29, 1.82) is 0 Å². The van der Waals surface area contributed by atoms with Gasteiger partial charge in [-0.25, -0.2) is 14.5 Å². The number of aromatic nitrogens is 4. The van der Waals surface area contributed by atoms with Crippen LogP contribution in [0.3, 0.4) is 0 Å². The second-order valence-corrected chi connectivity index (χ2v) is 4.53. The van der Waals surface area contributed by atoms with Crippen LogP contribution in [0.15, 0.2) is 11.0 Å². The summed E-state index contributed by atoms with van der Waals surface area (Å²) in [6.45, 7) is 1.63. The largest absolute Gasteiger partial charge is 0.478 e. The Balaban J connectivity index is 2.16. The number of hydrogen-bond acceptors (Lipinski definition) is 4. The minimum atomic E-state index is -1.05. The van der Waals surface area contributed by atoms with Crippen LogP contribution in [0.4, 0.5) is 0 Å². The molecule has 2 N–H and O–H groups in total. The Kier molecular flexibility index (Phi) is 2.48. The molecule has 0 spiro atoms. The topological polar surface area (TPSA) is 101 Å². The van der Waals surface area contributed by atoms with Gasteiger partial charge in [-0.1, -0.05) is 0 Å². The van der Waals surface area contributed by atoms with Crippen LogP contribution in [0.5, 0.6) is 0 Å². The van der Waals surface area contributed by atoms with Crippen molar-refractivity contribution in [2.45, 2.75) is 26.2 Å². The maximum Gasteiger partial charge on any atom is 0.339 e. The number of aryl methyl sites for hydroxylation is 1. The molecule has 2 aromatic heterocycles. The number of aromatic amines is 1. The third-order valence-electron chi connectivity index (χ3n) is 3.37. The van der Waals surface area contributed by atoms with E-state index in [1.165, 1.54) is 10.9 Å². The van der Waals surface area contributed by atoms with Crippen molar-refractivity contribution in [3.8, 4) is 5.95 Å². The van der Waals surface area contributed by atoms with Crippen molar-refractivity contribution in [1.82, 2.24) is 19.7 Å². The first-order valence-electron chi connectivity index (χ1n) is 5.98. The first-order chi connectivity index (χ1) is 9.08. The van der Waals surface area contributed by atoms with E-state index in [2.05, 4.69) is 15.1 Å². The lowest BCUT2D eigenvalue weighted by atomic mass is 10.2. The van der Waals surface area contributed by atoms with Crippen molar-refractivity contribution >= 4 is 5.97 Å². The molecule has 0 atom stereocenters. The van der Waals surface area contributed by atoms with Gasteiger partial charge in [0.1, 0.15) is 5.56 Å². The Labute approximate surface area is 107 Å². The minimum absolute atomic E-state index is 0.100. The molecule has 3 rings (SSSR count). The molecule has 0 aromatic carbocycles. The molecule has 0 saturated carbocycles. The first-order valence-corrected chi connectivity index (χ1v) is 5.98. The van der Waals surface area contributed by atoms with Crippen LogP contribution >= 0.6 is 0 Å². The number of carboxylic acids is 1. The maximum atomic E-state index is 11.9. The normalized spacial score (nSPS) is 13.5. The van der Waals surface area contributed by atoms with E-state index < -0.39 is 5.97 Å². The van der Waals surface area contributed by atoms with Crippen LogP contribution in [-0.4, -0.2) is 30.8 Å². The minimum Gasteiger partial charge on any atom is -0.478 e. The predicted octanol–water partition coefficient (Wildman–Crippen LogP) is 0.451. The summed E-state index contributed by atoms with van der Waals surface area (Å²) in [5, 5.41) is 13.0. The molecule has 0 aliphatic heterocycles. The zero-order chi connectivity index (χ0) is 13.6. The van der Waals surface area contributed by atoms with Crippen molar-refractivity contribution in [3.05, 3.63) is 39.1 Å². The Morgan fingerprint density at radius 3 is 2.95 bits per heavy atom. The number of fused-ring (bicyclic) bond motifs is 1. The van der Waals surface area contributed by atoms with Crippen LogP contribution in [0, 0.1) is 6.92 Å². The Bertz CT molecular complexity index is 729. The first kappa shape index (κ1) is 11.6. The summed E-state index contributed by atoms with van der Waals surface area (Å²) in [5.41, 5.74) is 1.89. The number of carbonyl (C=O) groups is 1. The smallest absolute Gasteiger partial charge is 0.339 e. The van der Waals surface area contributed by atoms with Crippen molar-refractivity contribution in [2.24, 2.45) is 0 Å². The van der Waals surface area contributed by atoms with E-state index in [-0.39, 0.29) is 17.1 Å². The highest BCUT2D eigenvalue weighted by molar-refractivity contribution is 5.88. The van der Waals surface area contributed by atoms with Gasteiger partial charge in [0.05, 0.1) is 17.6 Å². The van der Waals surface area contributed by atoms with Gasteiger partial charge in [0.25, 0.3) is 5.56 Å². The number of aromatic carboxylic acids is 1. The highest BCUT2D eigenvalue weighted by Gasteiger charge is 2.20. The van der Waals surface area contributed by atoms with Gasteiger partial charge in [0.15, 0.2) is 0 Å². The molecule has 0 fully saturated rings. The number of carboxylic acid groups (broad SMARTS) is 1. The molecular weight excluding hydrogens is 248 g/mol. The molecule has 7 nitrogen and oxygen atoms in total. The molecule has 0 radical (unpaired) electrons. The zero-order valence-electron chi connectivity index (χ0n) is 10.3. The molecule has 19 heavy (non-hydrogen) atoms. The number of H-pyrrole nitrogens is 1. The molecule has 1 aliphatic carbocycles. The standard InChI is InChI=1S/C12H12N4O3/c1-6-8(11(18)19)5-13-16(6)12-14-9-4-2-3-7(9)10(17)15-12/h5H,2-4H2,1H3,(H,18,19)(H,14,15,17). The number of nitrogens with one attached hydrogen (secondary N) is 1. The molecule has 1 aliphatic rings. The van der Waals surface area contributed by atoms with E-state index in [0.29, 0.717) is 5.69 Å². The van der Waals surface area contributed by atoms with E-state index in [4.69, 9.17) is 5.11 Å². The number of rotatable bonds is 2. The van der Waals surface area contributed by atoms with Gasteiger partial charge in [0.2, 0.25) is 5.95 Å². The molecule has 2 heterocycles. The fourth-order valence-corrected chi connectivity index (χ4v) is 2.36. The van der Waals surface area contributed by atoms with Gasteiger partial charge in [-0.2, -0.15) is 5.10 Å². The van der Waals surface area contributed by atoms with E-state index >= 15 is 0 Å². The van der Waals surface area contributed by atoms with E-state index in [9.17, 15) is 9.59 Å². The Morgan fingerprint density at radius 1 is 1.47 bits per heavy atom. The molecule has 98 valence electrons. The van der Waals surface area contributed by atoms with Crippen LogP contribution < -0.4 is 5.56 Å². The third kappa shape index (κ3) is 1.74. The second kappa shape index (κ2) is 4.04. The highest BCUT2D eigenvalue weighted by atomic mass is 16.4. The summed E-state index contributed by atoms with van der Waals surface area (Å²) in [6, 6.07) is 0. The average Bonchev–Trinajstić information content (AvgIpc) is 2.94. The van der Waals surface area contributed by atoms with Crippen LogP contribution in [0.25, 0.3) is 5.95 Å². The summed E-state index contributed by atoms with van der Waals surface area (Å²) in [4.78, 5) is 29.9. The predicted molar refractivity (Wildman–Crippen MR) is 65.7 cm³/mol. The number of nitrogens with zero attached hydrogens (tertiary/aromatic N) is 3.